The van der Waals surface area contributed by atoms with Crippen LogP contribution in [-0.2, 0) is 29.7 Å². The van der Waals surface area contributed by atoms with Crippen LogP contribution in [0.25, 0.3) is 11.1 Å². The van der Waals surface area contributed by atoms with Gasteiger partial charge in [0.25, 0.3) is 0 Å². The molecule has 0 bridgehead atoms. The summed E-state index contributed by atoms with van der Waals surface area (Å²) in [6.45, 7) is 15.5. The predicted octanol–water partition coefficient (Wildman–Crippen LogP) is 7.42. The van der Waals surface area contributed by atoms with E-state index < -0.39 is 16.6 Å². The quantitative estimate of drug-likeness (QED) is 0.0527. The molecule has 0 spiro atoms. The number of carbonyl (C=O) groups excluding carboxylic acids is 1. The molecule has 9 nitrogen and oxygen atoms in total. The molecule has 3 aromatic rings. The summed E-state index contributed by atoms with van der Waals surface area (Å²) in [6.07, 6.45) is 5.16. The summed E-state index contributed by atoms with van der Waals surface area (Å²) < 4.78 is 29.0. The molecule has 2 aromatic carbocycles. The molecule has 0 radical (unpaired) electrons. The van der Waals surface area contributed by atoms with Gasteiger partial charge in [0.05, 0.1) is 33.0 Å². The van der Waals surface area contributed by atoms with Crippen LogP contribution in [0.4, 0.5) is 4.79 Å². The maximum absolute atomic E-state index is 12.6. The van der Waals surface area contributed by atoms with Crippen molar-refractivity contribution in [2.75, 3.05) is 51.6 Å². The van der Waals surface area contributed by atoms with Crippen molar-refractivity contribution in [3.63, 3.8) is 0 Å². The van der Waals surface area contributed by atoms with Crippen LogP contribution in [0.15, 0.2) is 66.1 Å². The Hall–Kier alpha value is -2.59. The van der Waals surface area contributed by atoms with Crippen LogP contribution in [0.3, 0.4) is 0 Å². The van der Waals surface area contributed by atoms with E-state index in [1.54, 1.807) is 11.8 Å². The minimum Gasteiger partial charge on any atom is -0.455 e. The molecule has 1 aliphatic carbocycles. The molecule has 12 heteroatoms. The van der Waals surface area contributed by atoms with Gasteiger partial charge in [0.1, 0.15) is 6.61 Å². The molecule has 1 aliphatic rings. The third-order valence-electron chi connectivity index (χ3n) is 7.71. The van der Waals surface area contributed by atoms with E-state index in [1.165, 1.54) is 22.3 Å². The fourth-order valence-electron chi connectivity index (χ4n) is 5.69. The molecule has 0 unspecified atom stereocenters. The van der Waals surface area contributed by atoms with E-state index in [1.807, 2.05) is 24.5 Å². The number of fused-ring (bicyclic) bond motifs is 3. The van der Waals surface area contributed by atoms with Gasteiger partial charge in [-0.1, -0.05) is 67.2 Å². The van der Waals surface area contributed by atoms with E-state index in [-0.39, 0.29) is 12.0 Å². The SMILES string of the molecule is CCCOCCOCCOCc1cnc(SC[Si](C)(C)O[Si](C)(C)CCCNC(=O)OCC2c3ccccc3-c3ccccc32)nc1. The second-order valence-corrected chi connectivity index (χ2v) is 23.1. The van der Waals surface area contributed by atoms with E-state index in [2.05, 4.69) is 84.8 Å². The maximum atomic E-state index is 12.6. The second kappa shape index (κ2) is 18.8. The first-order chi connectivity index (χ1) is 22.7. The van der Waals surface area contributed by atoms with Crippen LogP contribution >= 0.6 is 11.8 Å². The van der Waals surface area contributed by atoms with Gasteiger partial charge >= 0.3 is 6.09 Å². The summed E-state index contributed by atoms with van der Waals surface area (Å²) in [4.78, 5) is 21.6. The zero-order valence-corrected chi connectivity index (χ0v) is 31.4. The average molecular weight is 698 g/mol. The Morgan fingerprint density at radius 2 is 1.43 bits per heavy atom. The first-order valence-electron chi connectivity index (χ1n) is 16.6. The van der Waals surface area contributed by atoms with E-state index in [9.17, 15) is 4.79 Å². The van der Waals surface area contributed by atoms with Crippen LogP contribution in [0.2, 0.25) is 32.2 Å². The van der Waals surface area contributed by atoms with Crippen LogP contribution in [-0.4, -0.2) is 84.3 Å². The van der Waals surface area contributed by atoms with Gasteiger partial charge in [-0.05, 0) is 67.3 Å². The number of alkyl carbamates (subject to hydrolysis) is 1. The van der Waals surface area contributed by atoms with E-state index >= 15 is 0 Å². The lowest BCUT2D eigenvalue weighted by atomic mass is 9.98. The second-order valence-electron chi connectivity index (χ2n) is 12.9. The van der Waals surface area contributed by atoms with Gasteiger partial charge in [-0.3, -0.25) is 0 Å². The third-order valence-corrected chi connectivity index (χ3v) is 17.5. The van der Waals surface area contributed by atoms with Crippen LogP contribution in [0.5, 0.6) is 0 Å². The highest BCUT2D eigenvalue weighted by atomic mass is 32.2. The predicted molar refractivity (Wildman–Crippen MR) is 193 cm³/mol. The van der Waals surface area contributed by atoms with Gasteiger partial charge in [-0.25, -0.2) is 14.8 Å². The maximum Gasteiger partial charge on any atom is 0.407 e. The summed E-state index contributed by atoms with van der Waals surface area (Å²) in [6, 6.07) is 17.7. The third kappa shape index (κ3) is 12.4. The van der Waals surface area contributed by atoms with Crippen molar-refractivity contribution in [1.82, 2.24) is 15.3 Å². The number of benzene rings is 2. The zero-order valence-electron chi connectivity index (χ0n) is 28.6. The van der Waals surface area contributed by atoms with Crippen LogP contribution in [0.1, 0.15) is 42.4 Å². The number of amides is 1. The minimum absolute atomic E-state index is 0.0620. The van der Waals surface area contributed by atoms with Crippen molar-refractivity contribution in [3.05, 3.63) is 77.6 Å². The summed E-state index contributed by atoms with van der Waals surface area (Å²) in [5.41, 5.74) is 5.82. The van der Waals surface area contributed by atoms with Gasteiger partial charge in [-0.15, -0.1) is 0 Å². The molecule has 1 N–H and O–H groups in total. The number of carbonyl (C=O) groups is 1. The summed E-state index contributed by atoms with van der Waals surface area (Å²) in [5, 5.41) is 4.57. The first-order valence-corrected chi connectivity index (χ1v) is 23.8. The standard InChI is InChI=1S/C35H51N3O6SSi2/c1-6-17-40-18-19-41-20-21-42-25-28-23-37-34(38-24-28)45-27-47(4,5)44-46(2,3)22-11-16-36-35(39)43-26-33-31-14-9-7-12-29(31)30-13-8-10-15-32(30)33/h7-10,12-15,23-24,33H,6,11,16-22,25-27H2,1-5H3,(H,36,39). The van der Waals surface area contributed by atoms with E-state index in [0.29, 0.717) is 46.2 Å². The van der Waals surface area contributed by atoms with E-state index in [4.69, 9.17) is 23.1 Å². The van der Waals surface area contributed by atoms with Crippen molar-refractivity contribution in [2.24, 2.45) is 0 Å². The molecule has 0 saturated carbocycles. The minimum atomic E-state index is -1.96. The monoisotopic (exact) mass is 697 g/mol. The van der Waals surface area contributed by atoms with Gasteiger partial charge < -0.3 is 28.4 Å². The number of thioether (sulfide) groups is 1. The number of nitrogens with zero attached hydrogens (tertiary/aromatic N) is 2. The molecule has 47 heavy (non-hydrogen) atoms. The summed E-state index contributed by atoms with van der Waals surface area (Å²) >= 11 is 1.65. The van der Waals surface area contributed by atoms with Crippen molar-refractivity contribution in [2.45, 2.75) is 69.7 Å². The molecule has 0 fully saturated rings. The summed E-state index contributed by atoms with van der Waals surface area (Å²) in [5.74, 6) is 0.0620. The summed E-state index contributed by atoms with van der Waals surface area (Å²) in [7, 11) is -3.89. The molecule has 256 valence electrons. The highest BCUT2D eigenvalue weighted by Gasteiger charge is 2.33. The van der Waals surface area contributed by atoms with Crippen LogP contribution in [0, 0.1) is 0 Å². The van der Waals surface area contributed by atoms with Gasteiger partial charge in [0.15, 0.2) is 21.8 Å². The average Bonchev–Trinajstić information content (AvgIpc) is 3.37. The highest BCUT2D eigenvalue weighted by molar-refractivity contribution is 8.00. The van der Waals surface area contributed by atoms with Crippen molar-refractivity contribution in [1.29, 1.82) is 0 Å². The lowest BCUT2D eigenvalue weighted by molar-refractivity contribution is 0.0106. The Balaban J connectivity index is 1.09. The molecule has 4 rings (SSSR count). The normalized spacial score (nSPS) is 13.0. The van der Waals surface area contributed by atoms with Crippen molar-refractivity contribution >= 4 is 34.5 Å². The molecule has 0 aliphatic heterocycles. The lowest BCUT2D eigenvalue weighted by Gasteiger charge is -2.33. The molecular formula is C35H51N3O6SSi2. The Bertz CT molecular complexity index is 1350. The van der Waals surface area contributed by atoms with Crippen LogP contribution < -0.4 is 5.32 Å². The smallest absolute Gasteiger partial charge is 0.407 e. The Morgan fingerprint density at radius 1 is 0.830 bits per heavy atom. The number of ether oxygens (including phenoxy) is 4. The van der Waals surface area contributed by atoms with Crippen molar-refractivity contribution in [3.8, 4) is 11.1 Å². The fraction of sp³-hybridized carbons (Fsp3) is 0.514. The lowest BCUT2D eigenvalue weighted by Crippen LogP contribution is -2.46. The molecule has 1 heterocycles. The molecule has 1 aromatic heterocycles. The first kappa shape index (κ1) is 37.2. The van der Waals surface area contributed by atoms with E-state index in [0.717, 1.165) is 41.6 Å². The number of aromatic nitrogens is 2. The van der Waals surface area contributed by atoms with Gasteiger partial charge in [0, 0.05) is 42.4 Å². The zero-order chi connectivity index (χ0) is 33.5. The number of hydrogen-bond acceptors (Lipinski definition) is 9. The fourth-order valence-corrected chi connectivity index (χ4v) is 16.0. The van der Waals surface area contributed by atoms with Crippen molar-refractivity contribution < 1.29 is 27.9 Å². The van der Waals surface area contributed by atoms with Gasteiger partial charge in [0.2, 0.25) is 0 Å². The molecular weight excluding hydrogens is 647 g/mol. The topological polar surface area (TPSA) is 101 Å². The number of hydrogen-bond donors (Lipinski definition) is 1. The number of nitrogens with one attached hydrogen (secondary N) is 1. The number of rotatable bonds is 21. The Morgan fingerprint density at radius 3 is 2.06 bits per heavy atom. The molecule has 0 saturated heterocycles. The highest BCUT2D eigenvalue weighted by Crippen LogP contribution is 2.44. The Labute approximate surface area is 286 Å². The van der Waals surface area contributed by atoms with Gasteiger partial charge in [-0.2, -0.15) is 0 Å². The Kier molecular flexibility index (Phi) is 14.9. The largest absolute Gasteiger partial charge is 0.455 e. The molecule has 0 atom stereocenters. The molecule has 1 amide bonds.